The second-order valence-electron chi connectivity index (χ2n) is 5.05. The Kier molecular flexibility index (Phi) is 6.54. The summed E-state index contributed by atoms with van der Waals surface area (Å²) in [6.45, 7) is -0.939. The molecule has 0 aliphatic carbocycles. The van der Waals surface area contributed by atoms with Crippen molar-refractivity contribution in [1.29, 1.82) is 0 Å². The molecule has 0 N–H and O–H groups in total. The molecule has 126 valence electrons. The molecule has 2 aromatic rings. The van der Waals surface area contributed by atoms with E-state index >= 15 is 0 Å². The second-order valence-corrected chi connectivity index (χ2v) is 5.05. The quantitative estimate of drug-likeness (QED) is 0.527. The van der Waals surface area contributed by atoms with E-state index in [4.69, 9.17) is 0 Å². The summed E-state index contributed by atoms with van der Waals surface area (Å²) in [5.74, 6) is -1.38. The van der Waals surface area contributed by atoms with Crippen molar-refractivity contribution >= 4 is 12.4 Å². The summed E-state index contributed by atoms with van der Waals surface area (Å²) >= 11 is 0. The lowest BCUT2D eigenvalue weighted by atomic mass is 10.1. The summed E-state index contributed by atoms with van der Waals surface area (Å²) in [6.07, 6.45) is 5.04. The van der Waals surface area contributed by atoms with Crippen LogP contribution in [0.4, 0.5) is 13.2 Å². The van der Waals surface area contributed by atoms with Gasteiger partial charge in [0.2, 0.25) is 0 Å². The van der Waals surface area contributed by atoms with Crippen LogP contribution in [0.5, 0.6) is 5.75 Å². The average Bonchev–Trinajstić information content (AvgIpc) is 2.55. The van der Waals surface area contributed by atoms with Gasteiger partial charge in [0, 0.05) is 0 Å². The lowest BCUT2D eigenvalue weighted by Crippen LogP contribution is -2.03. The summed E-state index contributed by atoms with van der Waals surface area (Å²) in [5, 5.41) is 7.70. The Balaban J connectivity index is 1.96. The monoisotopic (exact) mass is 334 g/mol. The molecule has 0 saturated heterocycles. The molecule has 0 radical (unpaired) electrons. The van der Waals surface area contributed by atoms with Gasteiger partial charge >= 0.3 is 6.61 Å². The van der Waals surface area contributed by atoms with E-state index in [2.05, 4.69) is 21.9 Å². The summed E-state index contributed by atoms with van der Waals surface area (Å²) in [6, 6.07) is 11.5. The van der Waals surface area contributed by atoms with E-state index in [9.17, 15) is 13.2 Å². The van der Waals surface area contributed by atoms with Gasteiger partial charge in [0.15, 0.2) is 11.6 Å². The first-order valence-electron chi connectivity index (χ1n) is 7.48. The highest BCUT2D eigenvalue weighted by Gasteiger charge is 2.09. The van der Waals surface area contributed by atoms with E-state index in [-0.39, 0.29) is 0 Å². The number of halogens is 3. The van der Waals surface area contributed by atoms with Crippen molar-refractivity contribution in [2.24, 2.45) is 10.2 Å². The second kappa shape index (κ2) is 8.86. The molecule has 0 fully saturated rings. The molecule has 0 heterocycles. The molecular weight excluding hydrogens is 317 g/mol. The third-order valence-corrected chi connectivity index (χ3v) is 3.17. The molecule has 2 aromatic carbocycles. The Morgan fingerprint density at radius 3 is 2.21 bits per heavy atom. The largest absolute Gasteiger partial charge is 0.432 e. The van der Waals surface area contributed by atoms with Crippen LogP contribution >= 0.6 is 0 Å². The van der Waals surface area contributed by atoms with Gasteiger partial charge in [0.1, 0.15) is 0 Å². The van der Waals surface area contributed by atoms with Gasteiger partial charge in [-0.2, -0.15) is 19.0 Å². The fourth-order valence-electron chi connectivity index (χ4n) is 2.05. The Morgan fingerprint density at radius 1 is 1.00 bits per heavy atom. The highest BCUT2D eigenvalue weighted by Crippen LogP contribution is 2.19. The van der Waals surface area contributed by atoms with Crippen molar-refractivity contribution in [3.8, 4) is 5.75 Å². The van der Waals surface area contributed by atoms with Gasteiger partial charge in [-0.3, -0.25) is 0 Å². The first kappa shape index (κ1) is 17.7. The lowest BCUT2D eigenvalue weighted by molar-refractivity contribution is -0.0521. The molecule has 24 heavy (non-hydrogen) atoms. The number of nitrogens with zero attached hydrogens (tertiary/aromatic N) is 2. The standard InChI is InChI=1S/C18H17F3N2O/c1-2-3-13-4-6-14(7-5-13)11-22-23-12-15-8-9-17(16(19)10-15)24-18(20)21/h4-12,18H,2-3H2,1H3/b22-11+,23-12-. The van der Waals surface area contributed by atoms with Crippen LogP contribution in [0.3, 0.4) is 0 Å². The Hall–Kier alpha value is -2.63. The van der Waals surface area contributed by atoms with E-state index in [0.717, 1.165) is 30.5 Å². The van der Waals surface area contributed by atoms with Crippen molar-refractivity contribution in [1.82, 2.24) is 0 Å². The Labute approximate surface area is 138 Å². The zero-order valence-electron chi connectivity index (χ0n) is 13.1. The summed E-state index contributed by atoms with van der Waals surface area (Å²) < 4.78 is 41.6. The predicted octanol–water partition coefficient (Wildman–Crippen LogP) is 4.83. The number of rotatable bonds is 7. The van der Waals surface area contributed by atoms with Crippen LogP contribution in [0.2, 0.25) is 0 Å². The smallest absolute Gasteiger partial charge is 0.387 e. The molecule has 0 spiro atoms. The van der Waals surface area contributed by atoms with E-state index in [1.54, 1.807) is 6.21 Å². The number of alkyl halides is 2. The molecule has 3 nitrogen and oxygen atoms in total. The lowest BCUT2D eigenvalue weighted by Gasteiger charge is -2.05. The van der Waals surface area contributed by atoms with E-state index in [0.29, 0.717) is 5.56 Å². The molecule has 6 heteroatoms. The maximum atomic E-state index is 13.5. The predicted molar refractivity (Wildman–Crippen MR) is 88.7 cm³/mol. The average molecular weight is 334 g/mol. The molecule has 0 atom stereocenters. The summed E-state index contributed by atoms with van der Waals surface area (Å²) in [5.41, 5.74) is 2.56. The molecule has 0 unspecified atom stereocenters. The van der Waals surface area contributed by atoms with Crippen molar-refractivity contribution in [2.45, 2.75) is 26.4 Å². The third-order valence-electron chi connectivity index (χ3n) is 3.17. The highest BCUT2D eigenvalue weighted by molar-refractivity contribution is 5.82. The zero-order valence-corrected chi connectivity index (χ0v) is 13.1. The fraction of sp³-hybridized carbons (Fsp3) is 0.222. The number of ether oxygens (including phenoxy) is 1. The number of hydrogen-bond acceptors (Lipinski definition) is 3. The van der Waals surface area contributed by atoms with Gasteiger partial charge in [-0.25, -0.2) is 4.39 Å². The van der Waals surface area contributed by atoms with Gasteiger partial charge in [0.25, 0.3) is 0 Å². The molecule has 0 saturated carbocycles. The van der Waals surface area contributed by atoms with Crippen LogP contribution in [-0.4, -0.2) is 19.0 Å². The number of benzene rings is 2. The van der Waals surface area contributed by atoms with Gasteiger partial charge in [0.05, 0.1) is 12.4 Å². The van der Waals surface area contributed by atoms with Gasteiger partial charge in [-0.05, 0) is 41.3 Å². The van der Waals surface area contributed by atoms with Crippen LogP contribution in [-0.2, 0) is 6.42 Å². The first-order chi connectivity index (χ1) is 11.6. The van der Waals surface area contributed by atoms with Crippen molar-refractivity contribution in [2.75, 3.05) is 0 Å². The minimum Gasteiger partial charge on any atom is -0.432 e. The first-order valence-corrected chi connectivity index (χ1v) is 7.48. The topological polar surface area (TPSA) is 34.0 Å². The molecule has 0 aromatic heterocycles. The van der Waals surface area contributed by atoms with Crippen LogP contribution in [0.15, 0.2) is 52.7 Å². The van der Waals surface area contributed by atoms with E-state index < -0.39 is 18.2 Å². The minimum atomic E-state index is -3.06. The maximum Gasteiger partial charge on any atom is 0.387 e. The van der Waals surface area contributed by atoms with Crippen molar-refractivity contribution < 1.29 is 17.9 Å². The van der Waals surface area contributed by atoms with E-state index in [1.807, 2.05) is 24.3 Å². The normalized spacial score (nSPS) is 11.7. The highest BCUT2D eigenvalue weighted by atomic mass is 19.3. The van der Waals surface area contributed by atoms with Gasteiger partial charge in [-0.15, -0.1) is 0 Å². The Morgan fingerprint density at radius 2 is 1.62 bits per heavy atom. The molecule has 0 bridgehead atoms. The maximum absolute atomic E-state index is 13.5. The zero-order chi connectivity index (χ0) is 17.4. The third kappa shape index (κ3) is 5.53. The van der Waals surface area contributed by atoms with E-state index in [1.165, 1.54) is 17.8 Å². The summed E-state index contributed by atoms with van der Waals surface area (Å²) in [7, 11) is 0. The molecular formula is C18H17F3N2O. The number of aryl methyl sites for hydroxylation is 1. The van der Waals surface area contributed by atoms with Crippen molar-refractivity contribution in [3.63, 3.8) is 0 Å². The van der Waals surface area contributed by atoms with Crippen molar-refractivity contribution in [3.05, 3.63) is 65.0 Å². The van der Waals surface area contributed by atoms with Crippen LogP contribution in [0, 0.1) is 5.82 Å². The molecule has 0 aliphatic heterocycles. The number of hydrogen-bond donors (Lipinski definition) is 0. The fourth-order valence-corrected chi connectivity index (χ4v) is 2.05. The van der Waals surface area contributed by atoms with Crippen LogP contribution in [0.1, 0.15) is 30.0 Å². The van der Waals surface area contributed by atoms with Crippen LogP contribution in [0.25, 0.3) is 0 Å². The van der Waals surface area contributed by atoms with Crippen LogP contribution < -0.4 is 4.74 Å². The molecule has 2 rings (SSSR count). The van der Waals surface area contributed by atoms with Gasteiger partial charge in [-0.1, -0.05) is 37.6 Å². The Bertz CT molecular complexity index is 713. The SMILES string of the molecule is CCCc1ccc(/C=N/N=C\c2ccc(OC(F)F)c(F)c2)cc1. The molecule has 0 aliphatic rings. The molecule has 0 amide bonds. The summed E-state index contributed by atoms with van der Waals surface area (Å²) in [4.78, 5) is 0. The minimum absolute atomic E-state index is 0.393. The van der Waals surface area contributed by atoms with Gasteiger partial charge < -0.3 is 4.74 Å².